The van der Waals surface area contributed by atoms with Gasteiger partial charge in [0.1, 0.15) is 0 Å². The van der Waals surface area contributed by atoms with Crippen LogP contribution < -0.4 is 4.74 Å². The number of fused-ring (bicyclic) bond motifs is 1. The molecule has 0 amide bonds. The highest BCUT2D eigenvalue weighted by molar-refractivity contribution is 6.03. The topological polar surface area (TPSA) is 39.4 Å². The van der Waals surface area contributed by atoms with Crippen LogP contribution in [0.15, 0.2) is 41.4 Å². The molecule has 4 nitrogen and oxygen atoms in total. The van der Waals surface area contributed by atoms with E-state index >= 15 is 0 Å². The van der Waals surface area contributed by atoms with E-state index in [0.29, 0.717) is 19.0 Å². The van der Waals surface area contributed by atoms with E-state index in [2.05, 4.69) is 22.2 Å². The molecule has 0 unspecified atom stereocenters. The lowest BCUT2D eigenvalue weighted by atomic mass is 10.1. The zero-order valence-corrected chi connectivity index (χ0v) is 9.63. The van der Waals surface area contributed by atoms with Crippen LogP contribution in [0.2, 0.25) is 0 Å². The molecular weight excluding hydrogens is 214 g/mol. The fourth-order valence-corrected chi connectivity index (χ4v) is 1.91. The highest BCUT2D eigenvalue weighted by Gasteiger charge is 2.18. The largest absolute Gasteiger partial charge is 0.477 e. The molecule has 4 heteroatoms. The zero-order chi connectivity index (χ0) is 11.7. The molecule has 86 valence electrons. The van der Waals surface area contributed by atoms with Crippen molar-refractivity contribution in [1.82, 2.24) is 9.78 Å². The average Bonchev–Trinajstić information content (AvgIpc) is 2.88. The van der Waals surface area contributed by atoms with Crippen LogP contribution in [0.5, 0.6) is 5.88 Å². The van der Waals surface area contributed by atoms with Gasteiger partial charge in [-0.25, -0.2) is 9.67 Å². The van der Waals surface area contributed by atoms with Gasteiger partial charge in [-0.2, -0.15) is 0 Å². The van der Waals surface area contributed by atoms with Crippen molar-refractivity contribution in [2.24, 2.45) is 4.99 Å². The quantitative estimate of drug-likeness (QED) is 0.807. The first-order valence-corrected chi connectivity index (χ1v) is 5.70. The first-order valence-electron chi connectivity index (χ1n) is 5.70. The second-order valence-electron chi connectivity index (χ2n) is 3.86. The molecule has 3 rings (SSSR count). The molecule has 0 radical (unpaired) electrons. The smallest absolute Gasteiger partial charge is 0.235 e. The molecule has 17 heavy (non-hydrogen) atoms. The SMILES string of the molecule is CCOc1cc2n(n1)CC(c1ccccc1)=N2. The summed E-state index contributed by atoms with van der Waals surface area (Å²) in [6, 6.07) is 12.0. The molecule has 1 aliphatic rings. The predicted molar refractivity (Wildman–Crippen MR) is 66.0 cm³/mol. The van der Waals surface area contributed by atoms with Gasteiger partial charge in [-0.1, -0.05) is 30.3 Å². The Morgan fingerprint density at radius 2 is 2.12 bits per heavy atom. The summed E-state index contributed by atoms with van der Waals surface area (Å²) in [5, 5.41) is 4.34. The molecule has 0 fully saturated rings. The molecule has 0 atom stereocenters. The Bertz CT molecular complexity index is 557. The van der Waals surface area contributed by atoms with Crippen LogP contribution in [0.1, 0.15) is 12.5 Å². The zero-order valence-electron chi connectivity index (χ0n) is 9.63. The van der Waals surface area contributed by atoms with Gasteiger partial charge in [0.15, 0.2) is 5.82 Å². The van der Waals surface area contributed by atoms with Crippen LogP contribution in [-0.4, -0.2) is 22.1 Å². The Kier molecular flexibility index (Phi) is 2.40. The van der Waals surface area contributed by atoms with Crippen molar-refractivity contribution < 1.29 is 4.74 Å². The number of hydrogen-bond acceptors (Lipinski definition) is 3. The minimum Gasteiger partial charge on any atom is -0.477 e. The molecule has 1 aromatic heterocycles. The lowest BCUT2D eigenvalue weighted by molar-refractivity contribution is 0.323. The van der Waals surface area contributed by atoms with E-state index < -0.39 is 0 Å². The van der Waals surface area contributed by atoms with Gasteiger partial charge < -0.3 is 4.74 Å². The maximum absolute atomic E-state index is 5.34. The maximum atomic E-state index is 5.34. The van der Waals surface area contributed by atoms with E-state index in [-0.39, 0.29) is 0 Å². The molecule has 1 aliphatic heterocycles. The standard InChI is InChI=1S/C13H13N3O/c1-2-17-13-8-12-14-11(9-16(12)15-13)10-6-4-3-5-7-10/h3-8H,2,9H2,1H3. The Labute approximate surface area is 99.6 Å². The van der Waals surface area contributed by atoms with Crippen molar-refractivity contribution in [3.63, 3.8) is 0 Å². The van der Waals surface area contributed by atoms with E-state index in [1.807, 2.05) is 35.9 Å². The second kappa shape index (κ2) is 4.05. The van der Waals surface area contributed by atoms with Crippen molar-refractivity contribution in [3.8, 4) is 5.88 Å². The summed E-state index contributed by atoms with van der Waals surface area (Å²) in [6.45, 7) is 3.29. The van der Waals surface area contributed by atoms with E-state index in [1.54, 1.807) is 0 Å². The van der Waals surface area contributed by atoms with Gasteiger partial charge in [-0.05, 0) is 12.5 Å². The number of ether oxygens (including phenoxy) is 1. The van der Waals surface area contributed by atoms with Gasteiger partial charge in [-0.15, -0.1) is 5.10 Å². The fraction of sp³-hybridized carbons (Fsp3) is 0.231. The third-order valence-corrected chi connectivity index (χ3v) is 2.68. The third kappa shape index (κ3) is 1.82. The predicted octanol–water partition coefficient (Wildman–Crippen LogP) is 2.42. The van der Waals surface area contributed by atoms with Crippen LogP contribution in [0.4, 0.5) is 5.82 Å². The van der Waals surface area contributed by atoms with Gasteiger partial charge in [0.25, 0.3) is 0 Å². The first kappa shape index (κ1) is 10.1. The normalized spacial score (nSPS) is 13.4. The molecule has 0 saturated carbocycles. The molecule has 2 heterocycles. The van der Waals surface area contributed by atoms with Crippen LogP contribution in [0, 0.1) is 0 Å². The number of aliphatic imine (C=N–C) groups is 1. The molecule has 0 spiro atoms. The lowest BCUT2D eigenvalue weighted by Crippen LogP contribution is -2.06. The molecule has 2 aromatic rings. The summed E-state index contributed by atoms with van der Waals surface area (Å²) in [5.41, 5.74) is 2.20. The van der Waals surface area contributed by atoms with E-state index in [9.17, 15) is 0 Å². The first-order chi connectivity index (χ1) is 8.36. The van der Waals surface area contributed by atoms with E-state index in [4.69, 9.17) is 4.74 Å². The Morgan fingerprint density at radius 1 is 1.29 bits per heavy atom. The number of hydrogen-bond donors (Lipinski definition) is 0. The minimum absolute atomic E-state index is 0.631. The minimum atomic E-state index is 0.631. The van der Waals surface area contributed by atoms with Crippen molar-refractivity contribution in [2.75, 3.05) is 6.61 Å². The van der Waals surface area contributed by atoms with E-state index in [1.165, 1.54) is 0 Å². The molecule has 0 saturated heterocycles. The Morgan fingerprint density at radius 3 is 2.82 bits per heavy atom. The average molecular weight is 227 g/mol. The van der Waals surface area contributed by atoms with Gasteiger partial charge in [0.2, 0.25) is 5.88 Å². The van der Waals surface area contributed by atoms with Crippen molar-refractivity contribution >= 4 is 11.5 Å². The van der Waals surface area contributed by atoms with Crippen molar-refractivity contribution in [1.29, 1.82) is 0 Å². The second-order valence-corrected chi connectivity index (χ2v) is 3.86. The summed E-state index contributed by atoms with van der Waals surface area (Å²) in [5.74, 6) is 1.52. The number of benzene rings is 1. The summed E-state index contributed by atoms with van der Waals surface area (Å²) in [7, 11) is 0. The van der Waals surface area contributed by atoms with Gasteiger partial charge >= 0.3 is 0 Å². The van der Waals surface area contributed by atoms with Crippen LogP contribution in [-0.2, 0) is 6.54 Å². The third-order valence-electron chi connectivity index (χ3n) is 2.68. The van der Waals surface area contributed by atoms with Crippen molar-refractivity contribution in [3.05, 3.63) is 42.0 Å². The van der Waals surface area contributed by atoms with Crippen molar-refractivity contribution in [2.45, 2.75) is 13.5 Å². The van der Waals surface area contributed by atoms with Crippen LogP contribution in [0.25, 0.3) is 0 Å². The molecular formula is C13H13N3O. The summed E-state index contributed by atoms with van der Waals surface area (Å²) >= 11 is 0. The highest BCUT2D eigenvalue weighted by atomic mass is 16.5. The van der Waals surface area contributed by atoms with Crippen LogP contribution >= 0.6 is 0 Å². The van der Waals surface area contributed by atoms with Crippen LogP contribution in [0.3, 0.4) is 0 Å². The van der Waals surface area contributed by atoms with Gasteiger partial charge in [0, 0.05) is 6.07 Å². The maximum Gasteiger partial charge on any atom is 0.235 e. The number of aromatic nitrogens is 2. The molecule has 1 aromatic carbocycles. The number of nitrogens with zero attached hydrogens (tertiary/aromatic N) is 3. The summed E-state index contributed by atoms with van der Waals surface area (Å²) < 4.78 is 7.21. The lowest BCUT2D eigenvalue weighted by Gasteiger charge is -2.00. The summed E-state index contributed by atoms with van der Waals surface area (Å²) in [4.78, 5) is 4.56. The van der Waals surface area contributed by atoms with E-state index in [0.717, 1.165) is 17.1 Å². The molecule has 0 N–H and O–H groups in total. The molecule has 0 aliphatic carbocycles. The monoisotopic (exact) mass is 227 g/mol. The number of rotatable bonds is 3. The summed E-state index contributed by atoms with van der Waals surface area (Å²) in [6.07, 6.45) is 0. The highest BCUT2D eigenvalue weighted by Crippen LogP contribution is 2.26. The Balaban J connectivity index is 1.88. The Hall–Kier alpha value is -2.10. The fourth-order valence-electron chi connectivity index (χ4n) is 1.91. The van der Waals surface area contributed by atoms with Gasteiger partial charge in [0.05, 0.1) is 18.9 Å². The van der Waals surface area contributed by atoms with Gasteiger partial charge in [-0.3, -0.25) is 0 Å². The molecule has 0 bridgehead atoms.